The molecule has 1 aromatic rings. The van der Waals surface area contributed by atoms with Gasteiger partial charge in [-0.25, -0.2) is 0 Å². The van der Waals surface area contributed by atoms with Crippen molar-refractivity contribution in [2.24, 2.45) is 4.99 Å². The molecule has 1 saturated carbocycles. The third-order valence-corrected chi connectivity index (χ3v) is 5.89. The summed E-state index contributed by atoms with van der Waals surface area (Å²) in [6.07, 6.45) is 7.81. The summed E-state index contributed by atoms with van der Waals surface area (Å²) in [6, 6.07) is 11.0. The SMILES string of the molecule is CCOC1CCN(C(=NC)NCC2(c3ccccc3)CCCC2)CC1. The van der Waals surface area contributed by atoms with Gasteiger partial charge in [-0.2, -0.15) is 0 Å². The molecule has 4 heteroatoms. The van der Waals surface area contributed by atoms with Crippen molar-refractivity contribution in [1.82, 2.24) is 10.2 Å². The zero-order valence-corrected chi connectivity index (χ0v) is 15.8. The van der Waals surface area contributed by atoms with Gasteiger partial charge in [-0.15, -0.1) is 0 Å². The standard InChI is InChI=1S/C21H33N3O/c1-3-25-19-11-15-24(16-12-19)20(22-2)23-17-21(13-7-8-14-21)18-9-5-4-6-10-18/h4-6,9-10,19H,3,7-8,11-17H2,1-2H3,(H,22,23). The van der Waals surface area contributed by atoms with Gasteiger partial charge in [-0.1, -0.05) is 43.2 Å². The summed E-state index contributed by atoms with van der Waals surface area (Å²) in [7, 11) is 1.90. The van der Waals surface area contributed by atoms with Crippen LogP contribution in [0.2, 0.25) is 0 Å². The van der Waals surface area contributed by atoms with Crippen LogP contribution in [0, 0.1) is 0 Å². The molecule has 0 unspecified atom stereocenters. The second-order valence-electron chi connectivity index (χ2n) is 7.40. The van der Waals surface area contributed by atoms with Gasteiger partial charge >= 0.3 is 0 Å². The Hall–Kier alpha value is -1.55. The maximum absolute atomic E-state index is 5.77. The minimum Gasteiger partial charge on any atom is -0.378 e. The van der Waals surface area contributed by atoms with Gasteiger partial charge in [0.25, 0.3) is 0 Å². The highest BCUT2D eigenvalue weighted by molar-refractivity contribution is 5.80. The predicted octanol–water partition coefficient (Wildman–Crippen LogP) is 3.57. The zero-order chi connectivity index (χ0) is 17.5. The van der Waals surface area contributed by atoms with Gasteiger partial charge in [0.15, 0.2) is 5.96 Å². The first-order valence-corrected chi connectivity index (χ1v) is 9.90. The molecule has 2 fully saturated rings. The van der Waals surface area contributed by atoms with E-state index >= 15 is 0 Å². The lowest BCUT2D eigenvalue weighted by Crippen LogP contribution is -2.50. The average molecular weight is 344 g/mol. The summed E-state index contributed by atoms with van der Waals surface area (Å²) in [4.78, 5) is 6.95. The van der Waals surface area contributed by atoms with E-state index in [9.17, 15) is 0 Å². The van der Waals surface area contributed by atoms with Crippen LogP contribution in [0.15, 0.2) is 35.3 Å². The Bertz CT molecular complexity index is 544. The van der Waals surface area contributed by atoms with Gasteiger partial charge < -0.3 is 15.0 Å². The predicted molar refractivity (Wildman–Crippen MR) is 104 cm³/mol. The van der Waals surface area contributed by atoms with Crippen LogP contribution in [0.5, 0.6) is 0 Å². The van der Waals surface area contributed by atoms with Gasteiger partial charge in [0.2, 0.25) is 0 Å². The second-order valence-corrected chi connectivity index (χ2v) is 7.40. The second kappa shape index (κ2) is 8.70. The van der Waals surface area contributed by atoms with Gasteiger partial charge in [0, 0.05) is 38.7 Å². The topological polar surface area (TPSA) is 36.9 Å². The quantitative estimate of drug-likeness (QED) is 0.656. The largest absolute Gasteiger partial charge is 0.378 e. The summed E-state index contributed by atoms with van der Waals surface area (Å²) in [5, 5.41) is 3.70. The van der Waals surface area contributed by atoms with Crippen LogP contribution in [0.3, 0.4) is 0 Å². The average Bonchev–Trinajstić information content (AvgIpc) is 3.15. The number of benzene rings is 1. The lowest BCUT2D eigenvalue weighted by Gasteiger charge is -2.36. The van der Waals surface area contributed by atoms with Crippen LogP contribution in [0.1, 0.15) is 51.0 Å². The lowest BCUT2D eigenvalue weighted by atomic mass is 9.79. The Morgan fingerprint density at radius 2 is 1.88 bits per heavy atom. The maximum atomic E-state index is 5.77. The summed E-state index contributed by atoms with van der Waals surface area (Å²) < 4.78 is 5.77. The van der Waals surface area contributed by atoms with Crippen LogP contribution in [-0.4, -0.2) is 50.3 Å². The van der Waals surface area contributed by atoms with Crippen molar-refractivity contribution in [3.8, 4) is 0 Å². The fourth-order valence-electron chi connectivity index (χ4n) is 4.46. The number of hydrogen-bond donors (Lipinski definition) is 1. The molecule has 0 amide bonds. The van der Waals surface area contributed by atoms with Crippen LogP contribution in [0.25, 0.3) is 0 Å². The number of likely N-dealkylation sites (tertiary alicyclic amines) is 1. The van der Waals surface area contributed by atoms with E-state index in [0.29, 0.717) is 6.10 Å². The molecule has 0 bridgehead atoms. The van der Waals surface area contributed by atoms with E-state index in [1.165, 1.54) is 31.2 Å². The smallest absolute Gasteiger partial charge is 0.193 e. The molecular weight excluding hydrogens is 310 g/mol. The molecule has 0 spiro atoms. The van der Waals surface area contributed by atoms with E-state index in [-0.39, 0.29) is 5.41 Å². The third-order valence-electron chi connectivity index (χ3n) is 5.89. The van der Waals surface area contributed by atoms with Crippen molar-refractivity contribution < 1.29 is 4.74 Å². The molecule has 3 rings (SSSR count). The molecule has 25 heavy (non-hydrogen) atoms. The van der Waals surface area contributed by atoms with Gasteiger partial charge in [0.05, 0.1) is 6.10 Å². The van der Waals surface area contributed by atoms with Crippen LogP contribution in [0.4, 0.5) is 0 Å². The van der Waals surface area contributed by atoms with Crippen molar-refractivity contribution in [3.05, 3.63) is 35.9 Å². The van der Waals surface area contributed by atoms with Crippen molar-refractivity contribution in [2.45, 2.75) is 57.0 Å². The molecular formula is C21H33N3O. The minimum atomic E-state index is 0.265. The molecule has 138 valence electrons. The number of piperidine rings is 1. The molecule has 4 nitrogen and oxygen atoms in total. The molecule has 0 aromatic heterocycles. The Balaban J connectivity index is 1.60. The van der Waals surface area contributed by atoms with E-state index in [1.807, 2.05) is 7.05 Å². The van der Waals surface area contributed by atoms with E-state index in [2.05, 4.69) is 52.5 Å². The maximum Gasteiger partial charge on any atom is 0.193 e. The first-order chi connectivity index (χ1) is 12.3. The number of nitrogens with zero attached hydrogens (tertiary/aromatic N) is 2. The molecule has 1 aliphatic heterocycles. The van der Waals surface area contributed by atoms with E-state index in [0.717, 1.165) is 45.0 Å². The van der Waals surface area contributed by atoms with E-state index < -0.39 is 0 Å². The number of rotatable bonds is 5. The molecule has 0 radical (unpaired) electrons. The zero-order valence-electron chi connectivity index (χ0n) is 15.8. The molecule has 1 heterocycles. The van der Waals surface area contributed by atoms with Crippen LogP contribution in [-0.2, 0) is 10.2 Å². The van der Waals surface area contributed by atoms with Crippen molar-refractivity contribution >= 4 is 5.96 Å². The van der Waals surface area contributed by atoms with Crippen LogP contribution < -0.4 is 5.32 Å². The molecule has 1 saturated heterocycles. The van der Waals surface area contributed by atoms with Crippen molar-refractivity contribution in [1.29, 1.82) is 0 Å². The first kappa shape index (κ1) is 18.2. The van der Waals surface area contributed by atoms with E-state index in [4.69, 9.17) is 4.74 Å². The lowest BCUT2D eigenvalue weighted by molar-refractivity contribution is 0.0263. The number of aliphatic imine (C=N–C) groups is 1. The summed E-state index contributed by atoms with van der Waals surface area (Å²) in [5.74, 6) is 1.05. The fourth-order valence-corrected chi connectivity index (χ4v) is 4.46. The van der Waals surface area contributed by atoms with Crippen molar-refractivity contribution in [3.63, 3.8) is 0 Å². The Labute approximate surface area is 152 Å². The number of hydrogen-bond acceptors (Lipinski definition) is 2. The van der Waals surface area contributed by atoms with Gasteiger partial charge in [-0.05, 0) is 38.2 Å². The molecule has 1 N–H and O–H groups in total. The normalized spacial score (nSPS) is 21.5. The number of ether oxygens (including phenoxy) is 1. The fraction of sp³-hybridized carbons (Fsp3) is 0.667. The Kier molecular flexibility index (Phi) is 6.35. The monoisotopic (exact) mass is 343 g/mol. The Morgan fingerprint density at radius 1 is 1.20 bits per heavy atom. The highest BCUT2D eigenvalue weighted by Gasteiger charge is 2.36. The molecule has 1 aromatic carbocycles. The summed E-state index contributed by atoms with van der Waals surface area (Å²) in [5.41, 5.74) is 1.74. The Morgan fingerprint density at radius 3 is 2.48 bits per heavy atom. The van der Waals surface area contributed by atoms with E-state index in [1.54, 1.807) is 0 Å². The first-order valence-electron chi connectivity index (χ1n) is 9.90. The third kappa shape index (κ3) is 4.35. The van der Waals surface area contributed by atoms with Gasteiger partial charge in [-0.3, -0.25) is 4.99 Å². The summed E-state index contributed by atoms with van der Waals surface area (Å²) >= 11 is 0. The summed E-state index contributed by atoms with van der Waals surface area (Å²) in [6.45, 7) is 5.94. The number of nitrogens with one attached hydrogen (secondary N) is 1. The molecule has 0 atom stereocenters. The van der Waals surface area contributed by atoms with Gasteiger partial charge in [0.1, 0.15) is 0 Å². The highest BCUT2D eigenvalue weighted by atomic mass is 16.5. The molecule has 2 aliphatic rings. The molecule has 1 aliphatic carbocycles. The number of guanidine groups is 1. The highest BCUT2D eigenvalue weighted by Crippen LogP contribution is 2.40. The minimum absolute atomic E-state index is 0.265. The van der Waals surface area contributed by atoms with Crippen molar-refractivity contribution in [2.75, 3.05) is 33.3 Å². The van der Waals surface area contributed by atoms with Crippen LogP contribution >= 0.6 is 0 Å².